The van der Waals surface area contributed by atoms with E-state index in [-0.39, 0.29) is 24.3 Å². The SMILES string of the molecule is CC[C@@H](CO)N1C(=O)[C@@H]2[C@H](C(=O)NCc3ccccc3)[C@@H]3CCC2(O3)C1C(=O)NC(C)(C)C. The standard InChI is InChI=1S/C25H35N3O5/c1-5-16(14-29)28-20(22(31)27-24(2,3)4)25-12-11-17(33-25)18(19(25)23(28)32)21(30)26-13-15-9-7-6-8-10-15/h6-10,16-20,29H,5,11-14H2,1-4H3,(H,26,30)(H,27,31)/t16-,17-,18+,19-,20?,25?/m0/s1. The van der Waals surface area contributed by atoms with Crippen LogP contribution < -0.4 is 10.6 Å². The van der Waals surface area contributed by atoms with Crippen molar-refractivity contribution in [2.45, 2.75) is 82.8 Å². The second-order valence-electron chi connectivity index (χ2n) is 10.5. The Hall–Kier alpha value is -2.45. The van der Waals surface area contributed by atoms with E-state index in [1.807, 2.05) is 58.0 Å². The predicted molar refractivity (Wildman–Crippen MR) is 122 cm³/mol. The number of aliphatic hydroxyl groups is 1. The van der Waals surface area contributed by atoms with Crippen molar-refractivity contribution in [3.8, 4) is 0 Å². The molecule has 1 spiro atoms. The smallest absolute Gasteiger partial charge is 0.246 e. The number of hydrogen-bond donors (Lipinski definition) is 3. The molecule has 2 unspecified atom stereocenters. The molecule has 0 saturated carbocycles. The summed E-state index contributed by atoms with van der Waals surface area (Å²) >= 11 is 0. The van der Waals surface area contributed by atoms with Crippen LogP contribution >= 0.6 is 0 Å². The van der Waals surface area contributed by atoms with Crippen molar-refractivity contribution in [3.05, 3.63) is 35.9 Å². The molecule has 1 aromatic rings. The van der Waals surface area contributed by atoms with Gasteiger partial charge in [0.25, 0.3) is 0 Å². The highest BCUT2D eigenvalue weighted by atomic mass is 16.5. The Bertz CT molecular complexity index is 910. The Morgan fingerprint density at radius 1 is 1.24 bits per heavy atom. The zero-order valence-electron chi connectivity index (χ0n) is 19.8. The van der Waals surface area contributed by atoms with Gasteiger partial charge in [0.15, 0.2) is 0 Å². The average molecular weight is 458 g/mol. The number of aliphatic hydroxyl groups excluding tert-OH is 1. The third kappa shape index (κ3) is 4.04. The van der Waals surface area contributed by atoms with Crippen LogP contribution in [0.4, 0.5) is 0 Å². The number of nitrogens with zero attached hydrogens (tertiary/aromatic N) is 1. The van der Waals surface area contributed by atoms with Gasteiger partial charge < -0.3 is 25.4 Å². The number of likely N-dealkylation sites (tertiary alicyclic amines) is 1. The molecule has 3 heterocycles. The molecule has 180 valence electrons. The fourth-order valence-electron chi connectivity index (χ4n) is 5.84. The van der Waals surface area contributed by atoms with E-state index < -0.39 is 41.2 Å². The van der Waals surface area contributed by atoms with E-state index in [0.29, 0.717) is 25.8 Å². The summed E-state index contributed by atoms with van der Waals surface area (Å²) in [7, 11) is 0. The molecule has 8 nitrogen and oxygen atoms in total. The van der Waals surface area contributed by atoms with E-state index in [4.69, 9.17) is 4.74 Å². The molecule has 33 heavy (non-hydrogen) atoms. The first-order valence-corrected chi connectivity index (χ1v) is 11.9. The van der Waals surface area contributed by atoms with Crippen LogP contribution in [-0.2, 0) is 25.7 Å². The van der Waals surface area contributed by atoms with Crippen molar-refractivity contribution >= 4 is 17.7 Å². The number of rotatable bonds is 7. The highest BCUT2D eigenvalue weighted by Gasteiger charge is 2.75. The number of nitrogens with one attached hydrogen (secondary N) is 2. The van der Waals surface area contributed by atoms with Crippen molar-refractivity contribution in [1.29, 1.82) is 0 Å². The first kappa shape index (κ1) is 23.7. The average Bonchev–Trinajstić information content (AvgIpc) is 3.40. The van der Waals surface area contributed by atoms with Gasteiger partial charge in [-0.3, -0.25) is 14.4 Å². The summed E-state index contributed by atoms with van der Waals surface area (Å²) in [4.78, 5) is 42.1. The first-order chi connectivity index (χ1) is 15.6. The van der Waals surface area contributed by atoms with E-state index in [1.54, 1.807) is 0 Å². The number of fused-ring (bicyclic) bond motifs is 1. The maximum atomic E-state index is 13.8. The van der Waals surface area contributed by atoms with Crippen molar-refractivity contribution in [2.24, 2.45) is 11.8 Å². The minimum atomic E-state index is -1.05. The maximum Gasteiger partial charge on any atom is 0.246 e. The molecule has 3 aliphatic rings. The Morgan fingerprint density at radius 3 is 2.55 bits per heavy atom. The highest BCUT2D eigenvalue weighted by molar-refractivity contribution is 5.99. The Kier molecular flexibility index (Phi) is 6.26. The molecular weight excluding hydrogens is 422 g/mol. The molecule has 3 amide bonds. The van der Waals surface area contributed by atoms with Crippen molar-refractivity contribution in [1.82, 2.24) is 15.5 Å². The number of carbonyl (C=O) groups is 3. The molecule has 6 atom stereocenters. The lowest BCUT2D eigenvalue weighted by Gasteiger charge is -2.38. The van der Waals surface area contributed by atoms with Gasteiger partial charge in [-0.15, -0.1) is 0 Å². The lowest BCUT2D eigenvalue weighted by atomic mass is 9.70. The molecule has 4 rings (SSSR count). The van der Waals surface area contributed by atoms with E-state index in [9.17, 15) is 19.5 Å². The number of hydrogen-bond acceptors (Lipinski definition) is 5. The summed E-state index contributed by atoms with van der Waals surface area (Å²) in [5.41, 5.74) is -0.573. The second-order valence-corrected chi connectivity index (χ2v) is 10.5. The zero-order valence-corrected chi connectivity index (χ0v) is 19.8. The van der Waals surface area contributed by atoms with Crippen LogP contribution in [0.15, 0.2) is 30.3 Å². The minimum Gasteiger partial charge on any atom is -0.394 e. The van der Waals surface area contributed by atoms with E-state index in [0.717, 1.165) is 5.56 Å². The molecule has 1 aromatic carbocycles. The zero-order chi connectivity index (χ0) is 24.0. The van der Waals surface area contributed by atoms with Crippen LogP contribution in [0.5, 0.6) is 0 Å². The van der Waals surface area contributed by atoms with E-state index in [2.05, 4.69) is 10.6 Å². The maximum absolute atomic E-state index is 13.8. The molecule has 8 heteroatoms. The predicted octanol–water partition coefficient (Wildman–Crippen LogP) is 1.36. The molecule has 3 saturated heterocycles. The van der Waals surface area contributed by atoms with Crippen LogP contribution in [0.1, 0.15) is 52.5 Å². The normalized spacial score (nSPS) is 31.4. The van der Waals surface area contributed by atoms with Gasteiger partial charge in [0.2, 0.25) is 17.7 Å². The van der Waals surface area contributed by atoms with Crippen molar-refractivity contribution in [2.75, 3.05) is 6.61 Å². The van der Waals surface area contributed by atoms with Gasteiger partial charge in [-0.25, -0.2) is 0 Å². The Labute approximate surface area is 195 Å². The fraction of sp³-hybridized carbons (Fsp3) is 0.640. The monoisotopic (exact) mass is 457 g/mol. The molecule has 0 aromatic heterocycles. The number of amides is 3. The van der Waals surface area contributed by atoms with Crippen LogP contribution in [0.25, 0.3) is 0 Å². The second kappa shape index (κ2) is 8.72. The molecule has 3 fully saturated rings. The number of ether oxygens (including phenoxy) is 1. The number of benzene rings is 1. The summed E-state index contributed by atoms with van der Waals surface area (Å²) in [5, 5.41) is 16.0. The minimum absolute atomic E-state index is 0.224. The summed E-state index contributed by atoms with van der Waals surface area (Å²) in [6, 6.07) is 8.22. The van der Waals surface area contributed by atoms with E-state index in [1.165, 1.54) is 4.90 Å². The van der Waals surface area contributed by atoms with Crippen molar-refractivity contribution < 1.29 is 24.2 Å². The molecule has 3 N–H and O–H groups in total. The molecule has 2 bridgehead atoms. The Morgan fingerprint density at radius 2 is 1.94 bits per heavy atom. The number of carbonyl (C=O) groups excluding carboxylic acids is 3. The summed E-state index contributed by atoms with van der Waals surface area (Å²) in [6.45, 7) is 7.65. The van der Waals surface area contributed by atoms with Gasteiger partial charge in [-0.1, -0.05) is 37.3 Å². The van der Waals surface area contributed by atoms with Crippen LogP contribution in [0, 0.1) is 11.8 Å². The molecule has 3 aliphatic heterocycles. The molecule has 0 aliphatic carbocycles. The van der Waals surface area contributed by atoms with Crippen LogP contribution in [0.2, 0.25) is 0 Å². The van der Waals surface area contributed by atoms with Crippen LogP contribution in [0.3, 0.4) is 0 Å². The summed E-state index contributed by atoms with van der Waals surface area (Å²) in [6.07, 6.45) is 1.27. The highest BCUT2D eigenvalue weighted by Crippen LogP contribution is 2.58. The summed E-state index contributed by atoms with van der Waals surface area (Å²) < 4.78 is 6.39. The van der Waals surface area contributed by atoms with E-state index >= 15 is 0 Å². The third-order valence-electron chi connectivity index (χ3n) is 7.17. The lowest BCUT2D eigenvalue weighted by Crippen LogP contribution is -2.60. The van der Waals surface area contributed by atoms with Gasteiger partial charge in [0.05, 0.1) is 30.6 Å². The van der Waals surface area contributed by atoms with Crippen molar-refractivity contribution in [3.63, 3.8) is 0 Å². The van der Waals surface area contributed by atoms with Gasteiger partial charge in [0, 0.05) is 12.1 Å². The van der Waals surface area contributed by atoms with Gasteiger partial charge in [-0.05, 0) is 45.6 Å². The molecule has 0 radical (unpaired) electrons. The lowest BCUT2D eigenvalue weighted by molar-refractivity contribution is -0.146. The quantitative estimate of drug-likeness (QED) is 0.573. The van der Waals surface area contributed by atoms with Gasteiger partial charge in [-0.2, -0.15) is 0 Å². The third-order valence-corrected chi connectivity index (χ3v) is 7.17. The topological polar surface area (TPSA) is 108 Å². The first-order valence-electron chi connectivity index (χ1n) is 11.9. The Balaban J connectivity index is 1.65. The molecular formula is C25H35N3O5. The van der Waals surface area contributed by atoms with Gasteiger partial charge in [0.1, 0.15) is 11.6 Å². The van der Waals surface area contributed by atoms with Crippen LogP contribution in [-0.4, -0.2) is 63.7 Å². The summed E-state index contributed by atoms with van der Waals surface area (Å²) in [5.74, 6) is -2.18. The van der Waals surface area contributed by atoms with Gasteiger partial charge >= 0.3 is 0 Å². The fourth-order valence-corrected chi connectivity index (χ4v) is 5.84. The largest absolute Gasteiger partial charge is 0.394 e.